The molecular weight excluding hydrogens is 408 g/mol. The average Bonchev–Trinajstić information content (AvgIpc) is 3.60. The van der Waals surface area contributed by atoms with Gasteiger partial charge in [0.25, 0.3) is 5.91 Å². The Morgan fingerprint density at radius 2 is 2.03 bits per heavy atom. The number of rotatable bonds is 5. The average molecular weight is 430 g/mol. The summed E-state index contributed by atoms with van der Waals surface area (Å²) < 4.78 is 12.1. The molecule has 4 heterocycles. The molecule has 162 valence electrons. The number of furan rings is 1. The Morgan fingerprint density at radius 3 is 2.78 bits per heavy atom. The summed E-state index contributed by atoms with van der Waals surface area (Å²) in [6.07, 6.45) is 4.61. The molecule has 0 aliphatic carbocycles. The minimum absolute atomic E-state index is 0.222. The third-order valence-electron chi connectivity index (χ3n) is 5.78. The van der Waals surface area contributed by atoms with Gasteiger partial charge >= 0.3 is 5.97 Å². The number of esters is 1. The molecule has 0 bridgehead atoms. The van der Waals surface area contributed by atoms with Gasteiger partial charge in [-0.2, -0.15) is 5.10 Å². The normalized spacial score (nSPS) is 15.9. The molecule has 1 unspecified atom stereocenters. The van der Waals surface area contributed by atoms with Gasteiger partial charge in [-0.3, -0.25) is 4.79 Å². The highest BCUT2D eigenvalue weighted by Gasteiger charge is 2.36. The number of carbonyl (C=O) groups is 2. The van der Waals surface area contributed by atoms with Crippen molar-refractivity contribution in [2.24, 2.45) is 0 Å². The lowest BCUT2D eigenvalue weighted by Gasteiger charge is -2.23. The first kappa shape index (κ1) is 20.0. The number of fused-ring (bicyclic) bond motifs is 1. The summed E-state index contributed by atoms with van der Waals surface area (Å²) in [5, 5.41) is 5.11. The number of likely N-dealkylation sites (tertiary alicyclic amines) is 1. The van der Waals surface area contributed by atoms with E-state index in [1.54, 1.807) is 28.1 Å². The second-order valence-electron chi connectivity index (χ2n) is 7.72. The van der Waals surface area contributed by atoms with E-state index < -0.39 is 12.0 Å². The Kier molecular flexibility index (Phi) is 5.18. The molecule has 4 aromatic rings. The maximum absolute atomic E-state index is 13.6. The molecule has 1 aliphatic rings. The first-order valence-electron chi connectivity index (χ1n) is 10.5. The van der Waals surface area contributed by atoms with Crippen molar-refractivity contribution in [3.05, 3.63) is 72.3 Å². The van der Waals surface area contributed by atoms with Gasteiger partial charge < -0.3 is 14.1 Å². The molecule has 0 spiro atoms. The molecule has 3 aromatic heterocycles. The lowest BCUT2D eigenvalue weighted by atomic mass is 10.1. The number of hydrogen-bond donors (Lipinski definition) is 0. The van der Waals surface area contributed by atoms with Crippen LogP contribution >= 0.6 is 0 Å². The molecule has 0 radical (unpaired) electrons. The molecule has 8 nitrogen and oxygen atoms in total. The van der Waals surface area contributed by atoms with Gasteiger partial charge in [0, 0.05) is 12.1 Å². The maximum Gasteiger partial charge on any atom is 0.328 e. The van der Waals surface area contributed by atoms with Crippen LogP contribution in [0.5, 0.6) is 0 Å². The third-order valence-corrected chi connectivity index (χ3v) is 5.78. The molecular formula is C24H22N4O4. The molecule has 1 saturated heterocycles. The Morgan fingerprint density at radius 1 is 1.19 bits per heavy atom. The number of hydrogen-bond acceptors (Lipinski definition) is 6. The van der Waals surface area contributed by atoms with Crippen molar-refractivity contribution in [3.8, 4) is 11.3 Å². The predicted molar refractivity (Wildman–Crippen MR) is 117 cm³/mol. The first-order chi connectivity index (χ1) is 15.7. The smallest absolute Gasteiger partial charge is 0.328 e. The largest absolute Gasteiger partial charge is 0.467 e. The van der Waals surface area contributed by atoms with Crippen molar-refractivity contribution < 1.29 is 18.7 Å². The van der Waals surface area contributed by atoms with Gasteiger partial charge in [-0.05, 0) is 31.0 Å². The molecule has 1 aromatic carbocycles. The van der Waals surface area contributed by atoms with Crippen LogP contribution in [-0.2, 0) is 16.1 Å². The predicted octanol–water partition coefficient (Wildman–Crippen LogP) is 3.52. The molecule has 1 atom stereocenters. The number of ether oxygens (including phenoxy) is 1. The summed E-state index contributed by atoms with van der Waals surface area (Å²) in [6.45, 7) is 0.896. The van der Waals surface area contributed by atoms with Crippen LogP contribution in [0.4, 0.5) is 0 Å². The summed E-state index contributed by atoms with van der Waals surface area (Å²) in [7, 11) is 1.35. The van der Waals surface area contributed by atoms with Gasteiger partial charge in [0.15, 0.2) is 5.65 Å². The molecule has 0 N–H and O–H groups in total. The van der Waals surface area contributed by atoms with Gasteiger partial charge in [-0.1, -0.05) is 30.3 Å². The van der Waals surface area contributed by atoms with Gasteiger partial charge in [0.2, 0.25) is 0 Å². The summed E-state index contributed by atoms with van der Waals surface area (Å²) in [5.74, 6) is 0.123. The number of pyridine rings is 1. The van der Waals surface area contributed by atoms with Crippen molar-refractivity contribution in [2.45, 2.75) is 25.4 Å². The molecule has 32 heavy (non-hydrogen) atoms. The van der Waals surface area contributed by atoms with Crippen molar-refractivity contribution in [1.29, 1.82) is 0 Å². The fourth-order valence-electron chi connectivity index (χ4n) is 4.19. The highest BCUT2D eigenvalue weighted by molar-refractivity contribution is 6.07. The SMILES string of the molecule is COC(=O)C1CCCN1C(=O)c1cc(-c2ccccc2)nc2c1cnn2Cc1ccco1. The fraction of sp³-hybridized carbons (Fsp3) is 0.250. The van der Waals surface area contributed by atoms with Crippen molar-refractivity contribution in [3.63, 3.8) is 0 Å². The molecule has 1 aliphatic heterocycles. The van der Waals surface area contributed by atoms with Gasteiger partial charge in [0.05, 0.1) is 36.2 Å². The number of nitrogens with zero attached hydrogens (tertiary/aromatic N) is 4. The molecule has 1 amide bonds. The summed E-state index contributed by atoms with van der Waals surface area (Å²) >= 11 is 0. The number of carbonyl (C=O) groups excluding carboxylic acids is 2. The summed E-state index contributed by atoms with van der Waals surface area (Å²) in [5.41, 5.74) is 2.60. The van der Waals surface area contributed by atoms with E-state index >= 15 is 0 Å². The van der Waals surface area contributed by atoms with E-state index in [-0.39, 0.29) is 5.91 Å². The maximum atomic E-state index is 13.6. The van der Waals surface area contributed by atoms with E-state index in [1.807, 2.05) is 42.5 Å². The Balaban J connectivity index is 1.63. The van der Waals surface area contributed by atoms with E-state index in [9.17, 15) is 9.59 Å². The van der Waals surface area contributed by atoms with Crippen molar-refractivity contribution in [1.82, 2.24) is 19.7 Å². The number of methoxy groups -OCH3 is 1. The summed E-state index contributed by atoms with van der Waals surface area (Å²) in [4.78, 5) is 32.3. The minimum atomic E-state index is -0.575. The second-order valence-corrected chi connectivity index (χ2v) is 7.72. The van der Waals surface area contributed by atoms with E-state index in [0.717, 1.165) is 17.7 Å². The van der Waals surface area contributed by atoms with E-state index in [4.69, 9.17) is 14.1 Å². The van der Waals surface area contributed by atoms with Crippen molar-refractivity contribution >= 4 is 22.9 Å². The van der Waals surface area contributed by atoms with Crippen LogP contribution in [0.25, 0.3) is 22.3 Å². The first-order valence-corrected chi connectivity index (χ1v) is 10.5. The van der Waals surface area contributed by atoms with Crippen LogP contribution in [0, 0.1) is 0 Å². The highest BCUT2D eigenvalue weighted by atomic mass is 16.5. The van der Waals surface area contributed by atoms with Crippen LogP contribution in [0.15, 0.2) is 65.4 Å². The molecule has 8 heteroatoms. The van der Waals surface area contributed by atoms with Crippen LogP contribution in [0.3, 0.4) is 0 Å². The molecule has 1 fully saturated rings. The Bertz CT molecular complexity index is 1260. The highest BCUT2D eigenvalue weighted by Crippen LogP contribution is 2.29. The minimum Gasteiger partial charge on any atom is -0.467 e. The van der Waals surface area contributed by atoms with Crippen molar-refractivity contribution in [2.75, 3.05) is 13.7 Å². The lowest BCUT2D eigenvalue weighted by Crippen LogP contribution is -2.41. The Hall–Kier alpha value is -3.94. The number of amides is 1. The zero-order valence-electron chi connectivity index (χ0n) is 17.6. The van der Waals surface area contributed by atoms with Gasteiger partial charge in [-0.25, -0.2) is 14.5 Å². The fourth-order valence-corrected chi connectivity index (χ4v) is 4.19. The Labute approximate surface area is 184 Å². The standard InChI is InChI=1S/C24H22N4O4/c1-31-24(30)21-10-5-11-27(21)23(29)18-13-20(16-7-3-2-4-8-16)26-22-19(18)14-25-28(22)15-17-9-6-12-32-17/h2-4,6-9,12-14,21H,5,10-11,15H2,1H3. The second kappa shape index (κ2) is 8.30. The zero-order chi connectivity index (χ0) is 22.1. The van der Waals surface area contributed by atoms with Crippen LogP contribution < -0.4 is 0 Å². The van der Waals surface area contributed by atoms with Crippen LogP contribution in [0.2, 0.25) is 0 Å². The lowest BCUT2D eigenvalue weighted by molar-refractivity contribution is -0.145. The zero-order valence-corrected chi connectivity index (χ0v) is 17.6. The number of aromatic nitrogens is 3. The topological polar surface area (TPSA) is 90.5 Å². The van der Waals surface area contributed by atoms with Crippen LogP contribution in [0.1, 0.15) is 29.0 Å². The monoisotopic (exact) mass is 430 g/mol. The number of benzene rings is 1. The third kappa shape index (κ3) is 3.53. The van der Waals surface area contributed by atoms with E-state index in [1.165, 1.54) is 7.11 Å². The van der Waals surface area contributed by atoms with Gasteiger partial charge in [-0.15, -0.1) is 0 Å². The summed E-state index contributed by atoms with van der Waals surface area (Å²) in [6, 6.07) is 14.6. The van der Waals surface area contributed by atoms with E-state index in [0.29, 0.717) is 41.8 Å². The molecule has 5 rings (SSSR count). The van der Waals surface area contributed by atoms with Gasteiger partial charge in [0.1, 0.15) is 18.3 Å². The quantitative estimate of drug-likeness (QED) is 0.450. The molecule has 0 saturated carbocycles. The van der Waals surface area contributed by atoms with E-state index in [2.05, 4.69) is 5.10 Å². The van der Waals surface area contributed by atoms with Crippen LogP contribution in [-0.4, -0.2) is 51.2 Å².